The van der Waals surface area contributed by atoms with Gasteiger partial charge < -0.3 is 9.30 Å². The van der Waals surface area contributed by atoms with Gasteiger partial charge in [0.15, 0.2) is 5.82 Å². The maximum Gasteiger partial charge on any atom is 0.159 e. The average Bonchev–Trinajstić information content (AvgIpc) is 2.96. The highest BCUT2D eigenvalue weighted by molar-refractivity contribution is 6.12. The second-order valence-corrected chi connectivity index (χ2v) is 5.20. The first-order chi connectivity index (χ1) is 10.8. The van der Waals surface area contributed by atoms with Crippen LogP contribution in [0.4, 0.5) is 5.69 Å². The molecule has 0 bridgehead atoms. The van der Waals surface area contributed by atoms with E-state index in [1.165, 1.54) is 5.56 Å². The lowest BCUT2D eigenvalue weighted by atomic mass is 10.1. The summed E-state index contributed by atoms with van der Waals surface area (Å²) in [5.41, 5.74) is 4.12. The lowest BCUT2D eigenvalue weighted by Crippen LogP contribution is -2.10. The van der Waals surface area contributed by atoms with Crippen LogP contribution < -0.4 is 4.74 Å². The first-order valence-electron chi connectivity index (χ1n) is 7.18. The molecule has 0 spiro atoms. The number of aliphatic imine (C=N–C) groups is 1. The van der Waals surface area contributed by atoms with Gasteiger partial charge >= 0.3 is 0 Å². The van der Waals surface area contributed by atoms with Gasteiger partial charge in [-0.2, -0.15) is 0 Å². The summed E-state index contributed by atoms with van der Waals surface area (Å²) in [6, 6.07) is 16.1. The molecule has 0 saturated carbocycles. The van der Waals surface area contributed by atoms with Crippen LogP contribution >= 0.6 is 0 Å². The number of hydrogen-bond donors (Lipinski definition) is 0. The molecule has 4 rings (SSSR count). The van der Waals surface area contributed by atoms with E-state index < -0.39 is 0 Å². The molecule has 0 aliphatic carbocycles. The van der Waals surface area contributed by atoms with Crippen LogP contribution in [0.15, 0.2) is 65.9 Å². The number of fused-ring (bicyclic) bond motifs is 2. The molecular weight excluding hydrogens is 274 g/mol. The second kappa shape index (κ2) is 5.15. The molecule has 0 saturated heterocycles. The third-order valence-corrected chi connectivity index (χ3v) is 3.86. The van der Waals surface area contributed by atoms with E-state index in [1.54, 1.807) is 7.11 Å². The van der Waals surface area contributed by atoms with Gasteiger partial charge in [0.2, 0.25) is 0 Å². The number of ether oxygens (including phenoxy) is 1. The van der Waals surface area contributed by atoms with Gasteiger partial charge in [0.05, 0.1) is 19.3 Å². The normalized spacial score (nSPS) is 12.9. The number of aromatic nitrogens is 2. The van der Waals surface area contributed by atoms with Gasteiger partial charge in [-0.3, -0.25) is 0 Å². The van der Waals surface area contributed by atoms with E-state index in [0.29, 0.717) is 0 Å². The van der Waals surface area contributed by atoms with Crippen LogP contribution in [0.1, 0.15) is 17.0 Å². The lowest BCUT2D eigenvalue weighted by Gasteiger charge is -2.07. The molecule has 0 atom stereocenters. The summed E-state index contributed by atoms with van der Waals surface area (Å²) in [4.78, 5) is 9.37. The summed E-state index contributed by atoms with van der Waals surface area (Å²) >= 11 is 0. The molecule has 0 fully saturated rings. The van der Waals surface area contributed by atoms with Crippen LogP contribution in [0, 0.1) is 0 Å². The van der Waals surface area contributed by atoms with Crippen molar-refractivity contribution in [3.8, 4) is 5.75 Å². The van der Waals surface area contributed by atoms with Gasteiger partial charge in [0.1, 0.15) is 11.5 Å². The van der Waals surface area contributed by atoms with Gasteiger partial charge in [0, 0.05) is 18.0 Å². The van der Waals surface area contributed by atoms with Crippen molar-refractivity contribution in [3.63, 3.8) is 0 Å². The number of nitrogens with zero attached hydrogens (tertiary/aromatic N) is 3. The highest BCUT2D eigenvalue weighted by Crippen LogP contribution is 2.27. The van der Waals surface area contributed by atoms with Crippen LogP contribution in [0.2, 0.25) is 0 Å². The molecule has 2 heterocycles. The molecule has 108 valence electrons. The first-order valence-corrected chi connectivity index (χ1v) is 7.18. The Morgan fingerprint density at radius 3 is 2.68 bits per heavy atom. The molecule has 1 aliphatic heterocycles. The minimum Gasteiger partial charge on any atom is -0.497 e. The average molecular weight is 289 g/mol. The smallest absolute Gasteiger partial charge is 0.159 e. The fraction of sp³-hybridized carbons (Fsp3) is 0.111. The lowest BCUT2D eigenvalue weighted by molar-refractivity contribution is 0.415. The van der Waals surface area contributed by atoms with Crippen LogP contribution in [0.3, 0.4) is 0 Å². The summed E-state index contributed by atoms with van der Waals surface area (Å²) in [6.45, 7) is 0.786. The van der Waals surface area contributed by atoms with Crippen LogP contribution in [-0.4, -0.2) is 22.4 Å². The summed E-state index contributed by atoms with van der Waals surface area (Å²) < 4.78 is 7.37. The Hall–Kier alpha value is -2.88. The molecule has 0 amide bonds. The van der Waals surface area contributed by atoms with Gasteiger partial charge in [-0.15, -0.1) is 0 Å². The number of methoxy groups -OCH3 is 1. The second-order valence-electron chi connectivity index (χ2n) is 5.20. The van der Waals surface area contributed by atoms with Crippen molar-refractivity contribution in [1.82, 2.24) is 9.55 Å². The van der Waals surface area contributed by atoms with Crippen LogP contribution in [0.5, 0.6) is 5.75 Å². The summed E-state index contributed by atoms with van der Waals surface area (Å²) in [5.74, 6) is 1.73. The number of rotatable bonds is 2. The maximum atomic E-state index is 5.23. The van der Waals surface area contributed by atoms with Crippen LogP contribution in [0.25, 0.3) is 0 Å². The molecule has 0 N–H and O–H groups in total. The monoisotopic (exact) mass is 289 g/mol. The molecule has 0 radical (unpaired) electrons. The van der Waals surface area contributed by atoms with Gasteiger partial charge in [-0.25, -0.2) is 9.98 Å². The molecule has 1 aliphatic rings. The van der Waals surface area contributed by atoms with Gasteiger partial charge in [0.25, 0.3) is 0 Å². The third kappa shape index (κ3) is 2.09. The quantitative estimate of drug-likeness (QED) is 0.567. The van der Waals surface area contributed by atoms with Crippen molar-refractivity contribution in [2.24, 2.45) is 4.99 Å². The molecule has 4 heteroatoms. The zero-order chi connectivity index (χ0) is 14.9. The Morgan fingerprint density at radius 2 is 1.86 bits per heavy atom. The minimum absolute atomic E-state index is 0.786. The summed E-state index contributed by atoms with van der Waals surface area (Å²) in [5, 5.41) is 0. The zero-order valence-corrected chi connectivity index (χ0v) is 12.2. The van der Waals surface area contributed by atoms with E-state index in [0.717, 1.165) is 35.1 Å². The largest absolute Gasteiger partial charge is 0.497 e. The van der Waals surface area contributed by atoms with E-state index in [9.17, 15) is 0 Å². The summed E-state index contributed by atoms with van der Waals surface area (Å²) in [7, 11) is 1.67. The fourth-order valence-corrected chi connectivity index (χ4v) is 2.70. The van der Waals surface area contributed by atoms with Crippen LogP contribution in [-0.2, 0) is 6.54 Å². The van der Waals surface area contributed by atoms with Crippen molar-refractivity contribution in [1.29, 1.82) is 0 Å². The first kappa shape index (κ1) is 12.8. The van der Waals surface area contributed by atoms with Crippen molar-refractivity contribution >= 4 is 11.4 Å². The zero-order valence-electron chi connectivity index (χ0n) is 12.2. The predicted octanol–water partition coefficient (Wildman–Crippen LogP) is 3.42. The Morgan fingerprint density at radius 1 is 1.05 bits per heavy atom. The van der Waals surface area contributed by atoms with E-state index in [-0.39, 0.29) is 0 Å². The number of para-hydroxylation sites is 1. The third-order valence-electron chi connectivity index (χ3n) is 3.86. The number of hydrogen-bond acceptors (Lipinski definition) is 3. The Balaban J connectivity index is 1.90. The van der Waals surface area contributed by atoms with Crippen molar-refractivity contribution in [2.45, 2.75) is 6.54 Å². The van der Waals surface area contributed by atoms with Crippen molar-refractivity contribution in [3.05, 3.63) is 77.9 Å². The molecular formula is C18H15N3O. The molecule has 4 nitrogen and oxygen atoms in total. The minimum atomic E-state index is 0.786. The number of benzene rings is 2. The SMILES string of the molecule is COc1ccc(C2=Nc3ccccc3Cn3ccnc32)cc1. The Bertz CT molecular complexity index is 847. The van der Waals surface area contributed by atoms with Crippen molar-refractivity contribution in [2.75, 3.05) is 7.11 Å². The predicted molar refractivity (Wildman–Crippen MR) is 86.1 cm³/mol. The fourth-order valence-electron chi connectivity index (χ4n) is 2.70. The summed E-state index contributed by atoms with van der Waals surface area (Å²) in [6.07, 6.45) is 3.82. The topological polar surface area (TPSA) is 39.4 Å². The molecule has 1 aromatic heterocycles. The molecule has 3 aromatic rings. The number of imidazole rings is 1. The van der Waals surface area contributed by atoms with Crippen molar-refractivity contribution < 1.29 is 4.74 Å². The van der Waals surface area contributed by atoms with E-state index in [1.807, 2.05) is 54.9 Å². The van der Waals surface area contributed by atoms with E-state index in [4.69, 9.17) is 9.73 Å². The maximum absolute atomic E-state index is 5.23. The van der Waals surface area contributed by atoms with E-state index >= 15 is 0 Å². The van der Waals surface area contributed by atoms with Gasteiger partial charge in [-0.1, -0.05) is 18.2 Å². The molecule has 0 unspecified atom stereocenters. The molecule has 2 aromatic carbocycles. The Labute approximate surface area is 128 Å². The standard InChI is InChI=1S/C18H15N3O/c1-22-15-8-6-13(7-9-15)17-18-19-10-11-21(18)12-14-4-2-3-5-16(14)20-17/h2-11H,12H2,1H3. The van der Waals surface area contributed by atoms with E-state index in [2.05, 4.69) is 15.6 Å². The molecule has 22 heavy (non-hydrogen) atoms. The highest BCUT2D eigenvalue weighted by atomic mass is 16.5. The van der Waals surface area contributed by atoms with Gasteiger partial charge in [-0.05, 0) is 35.9 Å². The Kier molecular flexibility index (Phi) is 3.00. The highest BCUT2D eigenvalue weighted by Gasteiger charge is 2.18.